The van der Waals surface area contributed by atoms with E-state index in [2.05, 4.69) is 60.7 Å². The fourth-order valence-electron chi connectivity index (χ4n) is 4.41. The third kappa shape index (κ3) is 11.1. The minimum absolute atomic E-state index is 0.320. The van der Waals surface area contributed by atoms with Crippen LogP contribution in [0, 0.1) is 0 Å². The average Bonchev–Trinajstić information content (AvgIpc) is 3.06. The first-order chi connectivity index (χ1) is 22.3. The summed E-state index contributed by atoms with van der Waals surface area (Å²) in [6, 6.07) is 29.4. The molecule has 1 atom stereocenters. The molecular weight excluding hydrogens is 624 g/mol. The lowest BCUT2D eigenvalue weighted by molar-refractivity contribution is -0.150. The molecule has 0 saturated heterocycles. The van der Waals surface area contributed by atoms with Crippen molar-refractivity contribution < 1.29 is 34.0 Å². The van der Waals surface area contributed by atoms with Crippen LogP contribution >= 0.6 is 23.4 Å². The van der Waals surface area contributed by atoms with Crippen molar-refractivity contribution in [3.63, 3.8) is 0 Å². The van der Waals surface area contributed by atoms with Crippen molar-refractivity contribution >= 4 is 47.5 Å². The number of thioether (sulfide) groups is 1. The number of carboxylic acid groups (broad SMARTS) is 2. The van der Waals surface area contributed by atoms with Gasteiger partial charge >= 0.3 is 11.9 Å². The van der Waals surface area contributed by atoms with Crippen LogP contribution in [0.5, 0.6) is 11.5 Å². The number of ether oxygens (including phenoxy) is 3. The van der Waals surface area contributed by atoms with Crippen LogP contribution in [0.4, 0.5) is 0 Å². The lowest BCUT2D eigenvalue weighted by atomic mass is 10.0. The van der Waals surface area contributed by atoms with Crippen molar-refractivity contribution in [1.82, 2.24) is 0 Å². The maximum absolute atomic E-state index is 11.3. The van der Waals surface area contributed by atoms with Gasteiger partial charge in [0, 0.05) is 29.7 Å². The molecule has 9 heteroatoms. The van der Waals surface area contributed by atoms with Gasteiger partial charge in [0.05, 0.1) is 5.02 Å². The van der Waals surface area contributed by atoms with Gasteiger partial charge < -0.3 is 24.4 Å². The first kappa shape index (κ1) is 34.4. The van der Waals surface area contributed by atoms with E-state index in [-0.39, 0.29) is 0 Å². The third-order valence-electron chi connectivity index (χ3n) is 6.71. The van der Waals surface area contributed by atoms with Crippen LogP contribution in [0.25, 0.3) is 23.3 Å². The molecule has 4 rings (SSSR count). The van der Waals surface area contributed by atoms with E-state index >= 15 is 0 Å². The second-order valence-corrected chi connectivity index (χ2v) is 11.6. The summed E-state index contributed by atoms with van der Waals surface area (Å²) < 4.78 is 16.1. The van der Waals surface area contributed by atoms with E-state index in [1.54, 1.807) is 30.8 Å². The average molecular weight is 659 g/mol. The third-order valence-corrected chi connectivity index (χ3v) is 7.97. The topological polar surface area (TPSA) is 102 Å². The Hall–Kier alpha value is -4.50. The van der Waals surface area contributed by atoms with E-state index in [1.807, 2.05) is 36.4 Å². The molecule has 46 heavy (non-hydrogen) atoms. The second kappa shape index (κ2) is 17.8. The molecule has 0 fully saturated rings. The zero-order valence-electron chi connectivity index (χ0n) is 25.3. The van der Waals surface area contributed by atoms with E-state index in [4.69, 9.17) is 30.9 Å². The minimum atomic E-state index is -1.06. The molecule has 4 aromatic rings. The number of halogens is 1. The van der Waals surface area contributed by atoms with Gasteiger partial charge in [-0.25, -0.2) is 9.59 Å². The highest BCUT2D eigenvalue weighted by molar-refractivity contribution is 7.99. The summed E-state index contributed by atoms with van der Waals surface area (Å²) in [6.07, 6.45) is 7.64. The molecule has 0 saturated carbocycles. The molecule has 0 radical (unpaired) electrons. The molecule has 0 bridgehead atoms. The molecule has 0 aliphatic carbocycles. The van der Waals surface area contributed by atoms with Gasteiger partial charge in [-0.15, -0.1) is 11.8 Å². The van der Waals surface area contributed by atoms with Gasteiger partial charge in [-0.1, -0.05) is 90.5 Å². The predicted octanol–water partition coefficient (Wildman–Crippen LogP) is 8.40. The van der Waals surface area contributed by atoms with E-state index in [0.717, 1.165) is 38.5 Å². The van der Waals surface area contributed by atoms with E-state index < -0.39 is 24.6 Å². The highest BCUT2D eigenvalue weighted by atomic mass is 35.5. The van der Waals surface area contributed by atoms with Gasteiger partial charge in [0.15, 0.2) is 12.7 Å². The minimum Gasteiger partial charge on any atom is -0.488 e. The smallest absolute Gasteiger partial charge is 0.341 e. The Bertz CT molecular complexity index is 1630. The van der Waals surface area contributed by atoms with Gasteiger partial charge in [-0.3, -0.25) is 0 Å². The van der Waals surface area contributed by atoms with Crippen molar-refractivity contribution in [2.45, 2.75) is 24.3 Å². The lowest BCUT2D eigenvalue weighted by Gasteiger charge is -2.12. The van der Waals surface area contributed by atoms with Crippen LogP contribution in [-0.4, -0.2) is 53.8 Å². The van der Waals surface area contributed by atoms with Crippen LogP contribution in [0.3, 0.4) is 0 Å². The number of rotatable bonds is 17. The van der Waals surface area contributed by atoms with Crippen molar-refractivity contribution in [1.29, 1.82) is 0 Å². The van der Waals surface area contributed by atoms with Gasteiger partial charge in [-0.05, 0) is 65.1 Å². The standard InChI is InChI=1S/C37H35ClO7S/c1-2-43-35(37(41)42)23-28-11-18-32(19-12-28)46-22-4-6-27-9-15-30(16-10-27)29-13-7-26(8-14-29)5-3-21-44-34-20-17-31(24-33(34)38)45-25-36(39)40/h3-20,24,35H,2,21-23,25H2,1H3,(H,39,40)(H,41,42)/b5-3-,6-4+. The maximum atomic E-state index is 11.3. The number of carboxylic acids is 2. The number of hydrogen-bond donors (Lipinski definition) is 2. The largest absolute Gasteiger partial charge is 0.488 e. The summed E-state index contributed by atoms with van der Waals surface area (Å²) in [5.74, 6) is -0.327. The number of benzene rings is 4. The number of carbonyl (C=O) groups is 2. The van der Waals surface area contributed by atoms with Crippen LogP contribution in [-0.2, 0) is 20.7 Å². The molecule has 0 aliphatic heterocycles. The van der Waals surface area contributed by atoms with Crippen LogP contribution < -0.4 is 9.47 Å². The van der Waals surface area contributed by atoms with Gasteiger partial charge in [-0.2, -0.15) is 0 Å². The number of hydrogen-bond acceptors (Lipinski definition) is 6. The Morgan fingerprint density at radius 2 is 1.46 bits per heavy atom. The summed E-state index contributed by atoms with van der Waals surface area (Å²) in [4.78, 5) is 23.1. The summed E-state index contributed by atoms with van der Waals surface area (Å²) in [6.45, 7) is 2.05. The Balaban J connectivity index is 1.21. The van der Waals surface area contributed by atoms with E-state index in [0.29, 0.717) is 36.2 Å². The van der Waals surface area contributed by atoms with Crippen molar-refractivity contribution in [2.75, 3.05) is 25.6 Å². The number of aliphatic carboxylic acids is 2. The first-order valence-corrected chi connectivity index (χ1v) is 16.0. The fourth-order valence-corrected chi connectivity index (χ4v) is 5.35. The summed E-state index contributed by atoms with van der Waals surface area (Å²) >= 11 is 7.93. The molecular formula is C37H35ClO7S. The van der Waals surface area contributed by atoms with Crippen LogP contribution in [0.15, 0.2) is 108 Å². The molecule has 0 amide bonds. The van der Waals surface area contributed by atoms with Crippen LogP contribution in [0.2, 0.25) is 5.02 Å². The summed E-state index contributed by atoms with van der Waals surface area (Å²) in [5, 5.41) is 18.3. The Kier molecular flexibility index (Phi) is 13.3. The summed E-state index contributed by atoms with van der Waals surface area (Å²) in [5.41, 5.74) is 5.35. The molecule has 0 spiro atoms. The predicted molar refractivity (Wildman–Crippen MR) is 184 cm³/mol. The molecule has 0 heterocycles. The Morgan fingerprint density at radius 1 is 0.826 bits per heavy atom. The molecule has 0 aromatic heterocycles. The molecule has 4 aromatic carbocycles. The normalized spacial score (nSPS) is 12.0. The zero-order chi connectivity index (χ0) is 32.7. The van der Waals surface area contributed by atoms with Crippen LogP contribution in [0.1, 0.15) is 23.6 Å². The molecule has 2 N–H and O–H groups in total. The SMILES string of the molecule is CCOC(Cc1ccc(SC/C=C/c2ccc(-c3ccc(/C=C\COc4ccc(OCC(=O)O)cc4Cl)cc3)cc2)cc1)C(=O)O. The van der Waals surface area contributed by atoms with Crippen molar-refractivity contribution in [3.8, 4) is 22.6 Å². The van der Waals surface area contributed by atoms with E-state index in [9.17, 15) is 14.7 Å². The molecule has 0 aliphatic rings. The zero-order valence-corrected chi connectivity index (χ0v) is 26.9. The lowest BCUT2D eigenvalue weighted by Crippen LogP contribution is -2.26. The fraction of sp³-hybridized carbons (Fsp3) is 0.189. The quantitative estimate of drug-likeness (QED) is 0.109. The first-order valence-electron chi connectivity index (χ1n) is 14.7. The monoisotopic (exact) mass is 658 g/mol. The molecule has 1 unspecified atom stereocenters. The van der Waals surface area contributed by atoms with Gasteiger partial charge in [0.1, 0.15) is 18.1 Å². The molecule has 7 nitrogen and oxygen atoms in total. The van der Waals surface area contributed by atoms with Gasteiger partial charge in [0.2, 0.25) is 0 Å². The van der Waals surface area contributed by atoms with Gasteiger partial charge in [0.25, 0.3) is 0 Å². The van der Waals surface area contributed by atoms with Crippen molar-refractivity contribution in [3.05, 3.63) is 125 Å². The second-order valence-electron chi connectivity index (χ2n) is 10.1. The van der Waals surface area contributed by atoms with Crippen molar-refractivity contribution in [2.24, 2.45) is 0 Å². The van der Waals surface area contributed by atoms with E-state index in [1.165, 1.54) is 6.07 Å². The Morgan fingerprint density at radius 3 is 2.02 bits per heavy atom. The highest BCUT2D eigenvalue weighted by Crippen LogP contribution is 2.29. The Labute approximate surface area is 278 Å². The summed E-state index contributed by atoms with van der Waals surface area (Å²) in [7, 11) is 0. The molecule has 238 valence electrons. The maximum Gasteiger partial charge on any atom is 0.341 e. The highest BCUT2D eigenvalue weighted by Gasteiger charge is 2.17.